The number of esters is 1. The van der Waals surface area contributed by atoms with Crippen molar-refractivity contribution in [3.05, 3.63) is 35.4 Å². The number of hydrogen-bond acceptors (Lipinski definition) is 5. The smallest absolute Gasteiger partial charge is 0.410 e. The highest BCUT2D eigenvalue weighted by Crippen LogP contribution is 2.29. The fraction of sp³-hybridized carbons (Fsp3) is 0.500. The molecular weight excluding hydrogens is 364 g/mol. The molecule has 27 heavy (non-hydrogen) atoms. The standard InChI is InChI=1S/C18H23F2NO6/c1-18(2,3)27-17(25)21(8-7-16(24)26-4)14(10-15(22)23)12-9-11(19)5-6-13(12)20/h5-6,9,14H,7-8,10H2,1-4H3,(H,22,23). The molecule has 9 heteroatoms. The number of methoxy groups -OCH3 is 1. The van der Waals surface area contributed by atoms with Crippen molar-refractivity contribution >= 4 is 18.0 Å². The number of nitrogens with zero attached hydrogens (tertiary/aromatic N) is 1. The number of carbonyl (C=O) groups is 3. The van der Waals surface area contributed by atoms with Crippen LogP contribution in [-0.4, -0.2) is 47.3 Å². The van der Waals surface area contributed by atoms with Gasteiger partial charge in [0, 0.05) is 12.1 Å². The maximum Gasteiger partial charge on any atom is 0.410 e. The highest BCUT2D eigenvalue weighted by molar-refractivity contribution is 5.74. The van der Waals surface area contributed by atoms with Crippen molar-refractivity contribution in [1.82, 2.24) is 4.90 Å². The van der Waals surface area contributed by atoms with Crippen molar-refractivity contribution in [3.8, 4) is 0 Å². The van der Waals surface area contributed by atoms with E-state index in [1.165, 1.54) is 0 Å². The minimum Gasteiger partial charge on any atom is -0.481 e. The number of ether oxygens (including phenoxy) is 2. The second-order valence-corrected chi connectivity index (χ2v) is 6.78. The molecule has 0 fully saturated rings. The predicted molar refractivity (Wildman–Crippen MR) is 90.9 cm³/mol. The van der Waals surface area contributed by atoms with Crippen LogP contribution in [0.3, 0.4) is 0 Å². The number of halogens is 2. The lowest BCUT2D eigenvalue weighted by atomic mass is 10.0. The van der Waals surface area contributed by atoms with Crippen LogP contribution in [-0.2, 0) is 19.1 Å². The number of aliphatic carboxylic acids is 1. The van der Waals surface area contributed by atoms with Crippen LogP contribution in [0.15, 0.2) is 18.2 Å². The number of rotatable bonds is 7. The molecule has 0 aromatic heterocycles. The van der Waals surface area contributed by atoms with Gasteiger partial charge >= 0.3 is 18.0 Å². The molecule has 0 aliphatic heterocycles. The maximum absolute atomic E-state index is 14.3. The van der Waals surface area contributed by atoms with Crippen LogP contribution in [0, 0.1) is 11.6 Å². The molecule has 0 aliphatic carbocycles. The number of hydrogen-bond donors (Lipinski definition) is 1. The van der Waals surface area contributed by atoms with Crippen molar-refractivity contribution in [2.75, 3.05) is 13.7 Å². The monoisotopic (exact) mass is 387 g/mol. The van der Waals surface area contributed by atoms with Crippen LogP contribution >= 0.6 is 0 Å². The lowest BCUT2D eigenvalue weighted by Gasteiger charge is -2.33. The number of carboxylic acid groups (broad SMARTS) is 1. The van der Waals surface area contributed by atoms with E-state index in [0.29, 0.717) is 0 Å². The molecule has 7 nitrogen and oxygen atoms in total. The summed E-state index contributed by atoms with van der Waals surface area (Å²) < 4.78 is 37.7. The lowest BCUT2D eigenvalue weighted by molar-refractivity contribution is -0.141. The van der Waals surface area contributed by atoms with Crippen LogP contribution in [0.25, 0.3) is 0 Å². The third kappa shape index (κ3) is 7.20. The fourth-order valence-corrected chi connectivity index (χ4v) is 2.33. The zero-order valence-electron chi connectivity index (χ0n) is 15.6. The molecule has 1 amide bonds. The van der Waals surface area contributed by atoms with E-state index in [0.717, 1.165) is 30.2 Å². The molecule has 0 radical (unpaired) electrons. The fourth-order valence-electron chi connectivity index (χ4n) is 2.33. The quantitative estimate of drug-likeness (QED) is 0.722. The van der Waals surface area contributed by atoms with Crippen molar-refractivity contribution in [1.29, 1.82) is 0 Å². The SMILES string of the molecule is COC(=O)CCN(C(=O)OC(C)(C)C)C(CC(=O)O)c1cc(F)ccc1F. The van der Waals surface area contributed by atoms with E-state index in [4.69, 9.17) is 4.74 Å². The molecule has 1 aromatic carbocycles. The van der Waals surface area contributed by atoms with E-state index in [2.05, 4.69) is 4.74 Å². The molecule has 1 aromatic rings. The summed E-state index contributed by atoms with van der Waals surface area (Å²) in [4.78, 5) is 36.3. The molecule has 1 atom stereocenters. The minimum atomic E-state index is -1.38. The Hall–Kier alpha value is -2.71. The molecule has 150 valence electrons. The molecule has 0 spiro atoms. The summed E-state index contributed by atoms with van der Waals surface area (Å²) in [5.41, 5.74) is -1.25. The largest absolute Gasteiger partial charge is 0.481 e. The van der Waals surface area contributed by atoms with Gasteiger partial charge in [-0.05, 0) is 39.0 Å². The van der Waals surface area contributed by atoms with E-state index in [9.17, 15) is 28.3 Å². The lowest BCUT2D eigenvalue weighted by Crippen LogP contribution is -2.41. The summed E-state index contributed by atoms with van der Waals surface area (Å²) in [5.74, 6) is -3.67. The number of amides is 1. The summed E-state index contributed by atoms with van der Waals surface area (Å²) in [6.45, 7) is 4.49. The Kier molecular flexibility index (Phi) is 7.68. The van der Waals surface area contributed by atoms with E-state index in [-0.39, 0.29) is 18.5 Å². The zero-order valence-corrected chi connectivity index (χ0v) is 15.6. The van der Waals surface area contributed by atoms with E-state index in [1.54, 1.807) is 20.8 Å². The third-order valence-corrected chi connectivity index (χ3v) is 3.47. The molecule has 1 rings (SSSR count). The molecule has 1 N–H and O–H groups in total. The first-order valence-corrected chi connectivity index (χ1v) is 8.17. The molecule has 0 saturated carbocycles. The highest BCUT2D eigenvalue weighted by Gasteiger charge is 2.33. The van der Waals surface area contributed by atoms with Crippen LogP contribution in [0.4, 0.5) is 13.6 Å². The van der Waals surface area contributed by atoms with E-state index in [1.807, 2.05) is 0 Å². The van der Waals surface area contributed by atoms with Crippen molar-refractivity contribution in [2.24, 2.45) is 0 Å². The molecule has 1 unspecified atom stereocenters. The normalized spacial score (nSPS) is 12.2. The van der Waals surface area contributed by atoms with E-state index >= 15 is 0 Å². The van der Waals surface area contributed by atoms with Gasteiger partial charge in [-0.2, -0.15) is 0 Å². The Morgan fingerprint density at radius 2 is 1.85 bits per heavy atom. The number of carboxylic acids is 1. The minimum absolute atomic E-state index is 0.275. The Morgan fingerprint density at radius 3 is 2.37 bits per heavy atom. The summed E-state index contributed by atoms with van der Waals surface area (Å²) in [6, 6.07) is 1.16. The summed E-state index contributed by atoms with van der Waals surface area (Å²) >= 11 is 0. The van der Waals surface area contributed by atoms with Gasteiger partial charge in [-0.1, -0.05) is 0 Å². The topological polar surface area (TPSA) is 93.1 Å². The average molecular weight is 387 g/mol. The van der Waals surface area contributed by atoms with Crippen LogP contribution in [0.2, 0.25) is 0 Å². The Balaban J connectivity index is 3.34. The first kappa shape index (κ1) is 22.3. The van der Waals surface area contributed by atoms with Gasteiger partial charge in [-0.3, -0.25) is 14.5 Å². The van der Waals surface area contributed by atoms with Gasteiger partial charge in [0.15, 0.2) is 0 Å². The highest BCUT2D eigenvalue weighted by atomic mass is 19.1. The van der Waals surface area contributed by atoms with Crippen molar-refractivity contribution < 1.29 is 37.7 Å². The van der Waals surface area contributed by atoms with Crippen LogP contribution < -0.4 is 0 Å². The summed E-state index contributed by atoms with van der Waals surface area (Å²) in [6.07, 6.45) is -1.94. The molecule has 0 bridgehead atoms. The van der Waals surface area contributed by atoms with Gasteiger partial charge in [0.2, 0.25) is 0 Å². The number of carbonyl (C=O) groups excluding carboxylic acids is 2. The molecule has 0 heterocycles. The second-order valence-electron chi connectivity index (χ2n) is 6.78. The first-order valence-electron chi connectivity index (χ1n) is 8.17. The first-order chi connectivity index (χ1) is 12.4. The Labute approximate surface area is 155 Å². The maximum atomic E-state index is 14.3. The van der Waals surface area contributed by atoms with Crippen molar-refractivity contribution in [2.45, 2.75) is 45.3 Å². The average Bonchev–Trinajstić information content (AvgIpc) is 2.54. The van der Waals surface area contributed by atoms with Gasteiger partial charge in [-0.25, -0.2) is 13.6 Å². The predicted octanol–water partition coefficient (Wildman–Crippen LogP) is 3.28. The molecule has 0 saturated heterocycles. The molecule has 0 aliphatic rings. The van der Waals surface area contributed by atoms with Crippen molar-refractivity contribution in [3.63, 3.8) is 0 Å². The van der Waals surface area contributed by atoms with Gasteiger partial charge in [-0.15, -0.1) is 0 Å². The zero-order chi connectivity index (χ0) is 20.8. The van der Waals surface area contributed by atoms with Gasteiger partial charge in [0.25, 0.3) is 0 Å². The van der Waals surface area contributed by atoms with Gasteiger partial charge in [0.1, 0.15) is 17.2 Å². The van der Waals surface area contributed by atoms with Gasteiger partial charge in [0.05, 0.1) is 26.0 Å². The second kappa shape index (κ2) is 9.29. The third-order valence-electron chi connectivity index (χ3n) is 3.47. The summed E-state index contributed by atoms with van der Waals surface area (Å²) in [5, 5.41) is 9.21. The number of benzene rings is 1. The van der Waals surface area contributed by atoms with Crippen LogP contribution in [0.1, 0.15) is 45.2 Å². The summed E-state index contributed by atoms with van der Waals surface area (Å²) in [7, 11) is 1.15. The van der Waals surface area contributed by atoms with E-state index < -0.39 is 47.7 Å². The Bertz CT molecular complexity index is 702. The van der Waals surface area contributed by atoms with Gasteiger partial charge < -0.3 is 14.6 Å². The van der Waals surface area contributed by atoms with Crippen LogP contribution in [0.5, 0.6) is 0 Å². The Morgan fingerprint density at radius 1 is 1.22 bits per heavy atom. The molecular formula is C18H23F2NO6.